The Labute approximate surface area is 92.0 Å². The van der Waals surface area contributed by atoms with Gasteiger partial charge in [0.1, 0.15) is 0 Å². The van der Waals surface area contributed by atoms with Crippen molar-refractivity contribution in [3.05, 3.63) is 42.0 Å². The molecule has 1 aromatic rings. The van der Waals surface area contributed by atoms with E-state index in [1.807, 2.05) is 19.1 Å². The molecule has 15 heavy (non-hydrogen) atoms. The molecule has 0 radical (unpaired) electrons. The van der Waals surface area contributed by atoms with Crippen molar-refractivity contribution in [3.63, 3.8) is 0 Å². The fourth-order valence-electron chi connectivity index (χ4n) is 1.45. The predicted octanol–water partition coefficient (Wildman–Crippen LogP) is 2.46. The molecule has 0 amide bonds. The molecule has 0 aliphatic heterocycles. The van der Waals surface area contributed by atoms with Gasteiger partial charge in [0.05, 0.1) is 0 Å². The van der Waals surface area contributed by atoms with Gasteiger partial charge in [-0.05, 0) is 30.0 Å². The summed E-state index contributed by atoms with van der Waals surface area (Å²) in [5.41, 5.74) is 15.1. The van der Waals surface area contributed by atoms with Gasteiger partial charge >= 0.3 is 0 Å². The smallest absolute Gasteiger partial charge is 0.0445 e. The summed E-state index contributed by atoms with van der Waals surface area (Å²) in [4.78, 5) is 0. The molecule has 0 saturated carbocycles. The highest BCUT2D eigenvalue weighted by molar-refractivity contribution is 5.63. The van der Waals surface area contributed by atoms with E-state index in [0.29, 0.717) is 0 Å². The van der Waals surface area contributed by atoms with Crippen LogP contribution in [0.3, 0.4) is 0 Å². The molecule has 0 bridgehead atoms. The lowest BCUT2D eigenvalue weighted by Gasteiger charge is -2.16. The van der Waals surface area contributed by atoms with Crippen LogP contribution >= 0.6 is 0 Å². The summed E-state index contributed by atoms with van der Waals surface area (Å²) in [5.74, 6) is 0. The third-order valence-corrected chi connectivity index (χ3v) is 2.70. The number of allylic oxidation sites excluding steroid dienone is 1. The molecule has 2 heteroatoms. The molecule has 2 unspecified atom stereocenters. The van der Waals surface area contributed by atoms with Crippen LogP contribution in [0.1, 0.15) is 37.4 Å². The highest BCUT2D eigenvalue weighted by Gasteiger charge is 2.10. The zero-order valence-corrected chi connectivity index (χ0v) is 9.53. The van der Waals surface area contributed by atoms with Crippen molar-refractivity contribution < 1.29 is 0 Å². The Bertz CT molecular complexity index is 325. The minimum absolute atomic E-state index is 0.0229. The lowest BCUT2D eigenvalue weighted by Crippen LogP contribution is -2.30. The molecule has 1 rings (SSSR count). The van der Waals surface area contributed by atoms with E-state index in [2.05, 4.69) is 25.6 Å². The number of nitrogens with two attached hydrogens (primary N) is 2. The maximum Gasteiger partial charge on any atom is 0.0445 e. The molecule has 1 aromatic carbocycles. The minimum atomic E-state index is -0.0889. The van der Waals surface area contributed by atoms with Crippen LogP contribution in [0.25, 0.3) is 5.57 Å². The van der Waals surface area contributed by atoms with Gasteiger partial charge in [0.2, 0.25) is 0 Å². The van der Waals surface area contributed by atoms with Crippen molar-refractivity contribution in [2.45, 2.75) is 32.4 Å². The molecule has 82 valence electrons. The van der Waals surface area contributed by atoms with Crippen LogP contribution in [-0.4, -0.2) is 6.04 Å². The van der Waals surface area contributed by atoms with Crippen LogP contribution < -0.4 is 11.5 Å². The fourth-order valence-corrected chi connectivity index (χ4v) is 1.45. The van der Waals surface area contributed by atoms with E-state index < -0.39 is 0 Å². The molecule has 0 spiro atoms. The van der Waals surface area contributed by atoms with E-state index >= 15 is 0 Å². The van der Waals surface area contributed by atoms with Crippen LogP contribution in [0.2, 0.25) is 0 Å². The summed E-state index contributed by atoms with van der Waals surface area (Å²) in [6.07, 6.45) is 0.971. The topological polar surface area (TPSA) is 52.0 Å². The maximum absolute atomic E-state index is 5.95. The molecule has 0 aromatic heterocycles. The Morgan fingerprint density at radius 1 is 1.27 bits per heavy atom. The molecule has 4 N–H and O–H groups in total. The molecule has 0 heterocycles. The van der Waals surface area contributed by atoms with Gasteiger partial charge in [-0.25, -0.2) is 0 Å². The summed E-state index contributed by atoms with van der Waals surface area (Å²) in [7, 11) is 0. The van der Waals surface area contributed by atoms with E-state index in [4.69, 9.17) is 11.5 Å². The van der Waals surface area contributed by atoms with E-state index in [0.717, 1.165) is 17.6 Å². The summed E-state index contributed by atoms with van der Waals surface area (Å²) < 4.78 is 0. The standard InChI is InChI=1S/C13H20N2/c1-4-9(2)11-5-7-12(8-6-11)13(15)10(3)14/h5-8,10,13H,2,4,14-15H2,1,3H3. The normalized spacial score (nSPS) is 14.7. The number of rotatable bonds is 4. The quantitative estimate of drug-likeness (QED) is 0.791. The molecular formula is C13H20N2. The second kappa shape index (κ2) is 5.10. The van der Waals surface area contributed by atoms with Crippen LogP contribution in [-0.2, 0) is 0 Å². The summed E-state index contributed by atoms with van der Waals surface area (Å²) in [6.45, 7) is 8.02. The monoisotopic (exact) mass is 204 g/mol. The number of benzene rings is 1. The lowest BCUT2D eigenvalue weighted by molar-refractivity contribution is 0.589. The summed E-state index contributed by atoms with van der Waals surface area (Å²) in [5, 5.41) is 0. The van der Waals surface area contributed by atoms with E-state index in [-0.39, 0.29) is 12.1 Å². The first-order valence-electron chi connectivity index (χ1n) is 5.35. The molecule has 2 atom stereocenters. The summed E-state index contributed by atoms with van der Waals surface area (Å²) in [6, 6.07) is 8.07. The first kappa shape index (κ1) is 12.0. The van der Waals surface area contributed by atoms with Crippen molar-refractivity contribution in [3.8, 4) is 0 Å². The Balaban J connectivity index is 2.85. The van der Waals surface area contributed by atoms with Crippen LogP contribution in [0.4, 0.5) is 0 Å². The van der Waals surface area contributed by atoms with Crippen molar-refractivity contribution in [2.24, 2.45) is 11.5 Å². The first-order chi connectivity index (χ1) is 7.06. The van der Waals surface area contributed by atoms with Gasteiger partial charge in [0.25, 0.3) is 0 Å². The Kier molecular flexibility index (Phi) is 4.06. The van der Waals surface area contributed by atoms with Crippen molar-refractivity contribution >= 4 is 5.57 Å². The second-order valence-electron chi connectivity index (χ2n) is 3.96. The zero-order valence-electron chi connectivity index (χ0n) is 9.53. The zero-order chi connectivity index (χ0) is 11.4. The minimum Gasteiger partial charge on any atom is -0.326 e. The van der Waals surface area contributed by atoms with Gasteiger partial charge in [-0.1, -0.05) is 37.8 Å². The van der Waals surface area contributed by atoms with Gasteiger partial charge in [-0.3, -0.25) is 0 Å². The van der Waals surface area contributed by atoms with Gasteiger partial charge in [-0.2, -0.15) is 0 Å². The fraction of sp³-hybridized carbons (Fsp3) is 0.385. The van der Waals surface area contributed by atoms with Crippen molar-refractivity contribution in [2.75, 3.05) is 0 Å². The van der Waals surface area contributed by atoms with Crippen molar-refractivity contribution in [1.29, 1.82) is 0 Å². The maximum atomic E-state index is 5.95. The predicted molar refractivity (Wildman–Crippen MR) is 66.3 cm³/mol. The third-order valence-electron chi connectivity index (χ3n) is 2.70. The van der Waals surface area contributed by atoms with E-state index in [1.54, 1.807) is 0 Å². The molecule has 0 aliphatic carbocycles. The highest BCUT2D eigenvalue weighted by Crippen LogP contribution is 2.19. The van der Waals surface area contributed by atoms with Gasteiger partial charge in [0.15, 0.2) is 0 Å². The largest absolute Gasteiger partial charge is 0.326 e. The van der Waals surface area contributed by atoms with Crippen LogP contribution in [0.5, 0.6) is 0 Å². The Morgan fingerprint density at radius 3 is 2.20 bits per heavy atom. The Hall–Kier alpha value is -1.12. The Morgan fingerprint density at radius 2 is 1.80 bits per heavy atom. The molecule has 0 aliphatic rings. The van der Waals surface area contributed by atoms with Crippen molar-refractivity contribution in [1.82, 2.24) is 0 Å². The lowest BCUT2D eigenvalue weighted by atomic mass is 9.98. The highest BCUT2D eigenvalue weighted by atomic mass is 14.8. The molecule has 2 nitrogen and oxygen atoms in total. The summed E-state index contributed by atoms with van der Waals surface area (Å²) >= 11 is 0. The third kappa shape index (κ3) is 2.91. The molecule has 0 saturated heterocycles. The van der Waals surface area contributed by atoms with Gasteiger partial charge in [-0.15, -0.1) is 0 Å². The van der Waals surface area contributed by atoms with Gasteiger partial charge in [0, 0.05) is 12.1 Å². The molecular weight excluding hydrogens is 184 g/mol. The number of hydrogen-bond acceptors (Lipinski definition) is 2. The average molecular weight is 204 g/mol. The van der Waals surface area contributed by atoms with Gasteiger partial charge < -0.3 is 11.5 Å². The van der Waals surface area contributed by atoms with Crippen LogP contribution in [0, 0.1) is 0 Å². The van der Waals surface area contributed by atoms with Crippen LogP contribution in [0.15, 0.2) is 30.8 Å². The number of hydrogen-bond donors (Lipinski definition) is 2. The average Bonchev–Trinajstić information content (AvgIpc) is 2.27. The first-order valence-corrected chi connectivity index (χ1v) is 5.35. The van der Waals surface area contributed by atoms with E-state index in [1.165, 1.54) is 5.56 Å². The molecule has 0 fully saturated rings. The second-order valence-corrected chi connectivity index (χ2v) is 3.96. The SMILES string of the molecule is C=C(CC)c1ccc(C(N)C(C)N)cc1. The van der Waals surface area contributed by atoms with E-state index in [9.17, 15) is 0 Å².